The van der Waals surface area contributed by atoms with Gasteiger partial charge >= 0.3 is 0 Å². The van der Waals surface area contributed by atoms with Crippen LogP contribution in [-0.4, -0.2) is 59.2 Å². The van der Waals surface area contributed by atoms with Crippen LogP contribution in [0.5, 0.6) is 0 Å². The fraction of sp³-hybridized carbons (Fsp3) is 0.806. The Morgan fingerprint density at radius 3 is 2.57 bits per heavy atom. The summed E-state index contributed by atoms with van der Waals surface area (Å²) in [7, 11) is 0. The number of aliphatic hydroxyl groups is 2. The SMILES string of the molecule is C=C1[C@H](O)C/C(=C/C=C2\CCC[C@]3(C)[C@@H](C(C)CCN4CCOC5(CCCC5)C4)CC[C@@H]23)C[C@@H]1O. The first-order valence-electron chi connectivity index (χ1n) is 14.6. The first kappa shape index (κ1) is 25.7. The molecule has 1 aliphatic heterocycles. The van der Waals surface area contributed by atoms with Crippen molar-refractivity contribution in [3.8, 4) is 0 Å². The van der Waals surface area contributed by atoms with E-state index in [0.29, 0.717) is 29.7 Å². The van der Waals surface area contributed by atoms with Crippen molar-refractivity contribution in [1.29, 1.82) is 0 Å². The van der Waals surface area contributed by atoms with E-state index in [1.165, 1.54) is 70.8 Å². The van der Waals surface area contributed by atoms with Gasteiger partial charge in [0.1, 0.15) is 0 Å². The van der Waals surface area contributed by atoms with Gasteiger partial charge in [-0.25, -0.2) is 0 Å². The molecule has 4 aliphatic carbocycles. The van der Waals surface area contributed by atoms with Crippen molar-refractivity contribution in [1.82, 2.24) is 4.90 Å². The molecule has 6 atom stereocenters. The molecule has 4 saturated carbocycles. The van der Waals surface area contributed by atoms with Crippen LogP contribution in [0.25, 0.3) is 0 Å². The minimum absolute atomic E-state index is 0.182. The van der Waals surface area contributed by atoms with Crippen LogP contribution in [0.2, 0.25) is 0 Å². The van der Waals surface area contributed by atoms with Crippen LogP contribution < -0.4 is 0 Å². The van der Waals surface area contributed by atoms with Gasteiger partial charge in [0.15, 0.2) is 0 Å². The Bertz CT molecular complexity index is 824. The number of rotatable bonds is 5. The molecule has 5 rings (SSSR count). The van der Waals surface area contributed by atoms with E-state index in [9.17, 15) is 10.2 Å². The number of allylic oxidation sites excluding steroid dienone is 3. The summed E-state index contributed by atoms with van der Waals surface area (Å²) < 4.78 is 6.26. The summed E-state index contributed by atoms with van der Waals surface area (Å²) >= 11 is 0. The van der Waals surface area contributed by atoms with Gasteiger partial charge in [-0.15, -0.1) is 0 Å². The van der Waals surface area contributed by atoms with Crippen molar-refractivity contribution < 1.29 is 14.9 Å². The van der Waals surface area contributed by atoms with E-state index in [2.05, 4.69) is 37.5 Å². The molecule has 5 fully saturated rings. The highest BCUT2D eigenvalue weighted by Crippen LogP contribution is 2.59. The van der Waals surface area contributed by atoms with Crippen LogP contribution in [-0.2, 0) is 4.74 Å². The summed E-state index contributed by atoms with van der Waals surface area (Å²) in [4.78, 5) is 2.71. The maximum absolute atomic E-state index is 10.2. The summed E-state index contributed by atoms with van der Waals surface area (Å²) in [6.07, 6.45) is 17.7. The molecule has 35 heavy (non-hydrogen) atoms. The van der Waals surface area contributed by atoms with Crippen LogP contribution in [0.4, 0.5) is 0 Å². The Balaban J connectivity index is 1.20. The maximum Gasteiger partial charge on any atom is 0.0809 e. The standard InChI is InChI=1S/C31H49NO3/c1-22(12-16-32-17-18-35-31(21-32)14-4-5-15-31)26-10-11-27-25(7-6-13-30(26,27)3)9-8-24-19-28(33)23(2)29(34)20-24/h8-9,22,26-29,33-34H,2,4-7,10-21H2,1,3H3/b24-8-,25-9+/t22?,26-,27+,28-,29+,30-/m1/s1. The average molecular weight is 484 g/mol. The summed E-state index contributed by atoms with van der Waals surface area (Å²) in [6.45, 7) is 13.4. The second-order valence-corrected chi connectivity index (χ2v) is 13.0. The highest BCUT2D eigenvalue weighted by Gasteiger charge is 2.50. The molecule has 4 nitrogen and oxygen atoms in total. The number of ether oxygens (including phenoxy) is 1. The van der Waals surface area contributed by atoms with Crippen molar-refractivity contribution in [2.45, 2.75) is 109 Å². The lowest BCUT2D eigenvalue weighted by Crippen LogP contribution is -2.50. The zero-order chi connectivity index (χ0) is 24.6. The lowest BCUT2D eigenvalue weighted by atomic mass is 9.61. The van der Waals surface area contributed by atoms with Gasteiger partial charge in [0.2, 0.25) is 0 Å². The smallest absolute Gasteiger partial charge is 0.0809 e. The minimum Gasteiger partial charge on any atom is -0.388 e. The molecule has 4 heteroatoms. The summed E-state index contributed by atoms with van der Waals surface area (Å²) in [5, 5.41) is 20.4. The fourth-order valence-corrected chi connectivity index (χ4v) is 8.66. The second-order valence-electron chi connectivity index (χ2n) is 13.0. The third-order valence-electron chi connectivity index (χ3n) is 10.8. The highest BCUT2D eigenvalue weighted by atomic mass is 16.5. The number of hydrogen-bond donors (Lipinski definition) is 2. The lowest BCUT2D eigenvalue weighted by molar-refractivity contribution is -0.106. The van der Waals surface area contributed by atoms with Crippen molar-refractivity contribution >= 4 is 0 Å². The Morgan fingerprint density at radius 2 is 1.83 bits per heavy atom. The van der Waals surface area contributed by atoms with Gasteiger partial charge in [-0.3, -0.25) is 4.90 Å². The molecule has 0 aromatic rings. The number of morpholine rings is 1. The molecule has 0 aromatic carbocycles. The van der Waals surface area contributed by atoms with Crippen molar-refractivity contribution in [3.05, 3.63) is 35.5 Å². The molecule has 5 aliphatic rings. The first-order chi connectivity index (χ1) is 16.8. The third-order valence-corrected chi connectivity index (χ3v) is 10.8. The monoisotopic (exact) mass is 483 g/mol. The second kappa shape index (κ2) is 10.4. The molecule has 1 heterocycles. The summed E-state index contributed by atoms with van der Waals surface area (Å²) in [6, 6.07) is 0. The fourth-order valence-electron chi connectivity index (χ4n) is 8.66. The van der Waals surface area contributed by atoms with E-state index in [1.54, 1.807) is 5.57 Å². The zero-order valence-corrected chi connectivity index (χ0v) is 22.3. The van der Waals surface area contributed by atoms with Crippen LogP contribution in [0, 0.1) is 23.2 Å². The van der Waals surface area contributed by atoms with Crippen LogP contribution in [0.3, 0.4) is 0 Å². The van der Waals surface area contributed by atoms with Gasteiger partial charge < -0.3 is 14.9 Å². The van der Waals surface area contributed by atoms with E-state index in [4.69, 9.17) is 4.74 Å². The molecule has 0 radical (unpaired) electrons. The topological polar surface area (TPSA) is 52.9 Å². The van der Waals surface area contributed by atoms with Gasteiger partial charge in [-0.05, 0) is 99.5 Å². The Hall–Kier alpha value is -0.940. The molecule has 0 bridgehead atoms. The predicted octanol–water partition coefficient (Wildman–Crippen LogP) is 5.80. The molecular formula is C31H49NO3. The quantitative estimate of drug-likeness (QED) is 0.485. The number of aliphatic hydroxyl groups excluding tert-OH is 2. The maximum atomic E-state index is 10.2. The van der Waals surface area contributed by atoms with Crippen LogP contribution in [0.1, 0.15) is 90.9 Å². The van der Waals surface area contributed by atoms with Gasteiger partial charge in [0.25, 0.3) is 0 Å². The van der Waals surface area contributed by atoms with E-state index < -0.39 is 12.2 Å². The lowest BCUT2D eigenvalue weighted by Gasteiger charge is -2.45. The van der Waals surface area contributed by atoms with E-state index >= 15 is 0 Å². The van der Waals surface area contributed by atoms with Crippen LogP contribution in [0.15, 0.2) is 35.5 Å². The van der Waals surface area contributed by atoms with Crippen LogP contribution >= 0.6 is 0 Å². The van der Waals surface area contributed by atoms with Gasteiger partial charge in [0, 0.05) is 13.1 Å². The summed E-state index contributed by atoms with van der Waals surface area (Å²) in [5.41, 5.74) is 3.94. The molecule has 1 spiro atoms. The van der Waals surface area contributed by atoms with Crippen molar-refractivity contribution in [2.75, 3.05) is 26.2 Å². The first-order valence-corrected chi connectivity index (χ1v) is 14.6. The molecule has 0 aromatic heterocycles. The van der Waals surface area contributed by atoms with E-state index in [0.717, 1.165) is 37.1 Å². The van der Waals surface area contributed by atoms with Gasteiger partial charge in [0.05, 0.1) is 24.4 Å². The predicted molar refractivity (Wildman–Crippen MR) is 142 cm³/mol. The van der Waals surface area contributed by atoms with Crippen molar-refractivity contribution in [2.24, 2.45) is 23.2 Å². The largest absolute Gasteiger partial charge is 0.388 e. The summed E-state index contributed by atoms with van der Waals surface area (Å²) in [5.74, 6) is 2.27. The highest BCUT2D eigenvalue weighted by molar-refractivity contribution is 5.29. The third kappa shape index (κ3) is 5.23. The van der Waals surface area contributed by atoms with E-state index in [1.807, 2.05) is 0 Å². The Labute approximate surface area is 213 Å². The van der Waals surface area contributed by atoms with Gasteiger partial charge in [-0.1, -0.05) is 56.6 Å². The normalized spacial score (nSPS) is 41.1. The number of nitrogens with zero attached hydrogens (tertiary/aromatic N) is 1. The minimum atomic E-state index is -0.605. The Kier molecular flexibility index (Phi) is 7.66. The molecular weight excluding hydrogens is 434 g/mol. The molecule has 1 saturated heterocycles. The number of fused-ring (bicyclic) bond motifs is 1. The zero-order valence-electron chi connectivity index (χ0n) is 22.3. The van der Waals surface area contributed by atoms with Crippen molar-refractivity contribution in [3.63, 3.8) is 0 Å². The number of hydrogen-bond acceptors (Lipinski definition) is 4. The molecule has 196 valence electrons. The molecule has 2 N–H and O–H groups in total. The molecule has 0 amide bonds. The molecule has 1 unspecified atom stereocenters. The Morgan fingerprint density at radius 1 is 1.09 bits per heavy atom. The average Bonchev–Trinajstić information content (AvgIpc) is 3.43. The van der Waals surface area contributed by atoms with Gasteiger partial charge in [-0.2, -0.15) is 0 Å². The van der Waals surface area contributed by atoms with E-state index in [-0.39, 0.29) is 5.60 Å².